The Morgan fingerprint density at radius 1 is 1.13 bits per heavy atom. The van der Waals surface area contributed by atoms with Crippen LogP contribution in [0.1, 0.15) is 74.1 Å². The van der Waals surface area contributed by atoms with Crippen LogP contribution in [0.15, 0.2) is 12.7 Å². The number of fused-ring (bicyclic) bond motifs is 1. The Hall–Kier alpha value is -2.60. The Labute approximate surface area is 230 Å². The first-order valence-electron chi connectivity index (χ1n) is 13.3. The van der Waals surface area contributed by atoms with Crippen molar-refractivity contribution in [3.8, 4) is 0 Å². The van der Waals surface area contributed by atoms with E-state index in [-0.39, 0.29) is 24.9 Å². The monoisotopic (exact) mass is 569 g/mol. The van der Waals surface area contributed by atoms with Gasteiger partial charge >= 0.3 is 11.9 Å². The minimum absolute atomic E-state index is 0.270. The molecule has 2 heterocycles. The molecule has 0 radical (unpaired) electrons. The van der Waals surface area contributed by atoms with Crippen LogP contribution in [0.4, 0.5) is 5.82 Å². The van der Waals surface area contributed by atoms with Gasteiger partial charge in [-0.1, -0.05) is 26.2 Å². The number of carbonyl (C=O) groups excluding carboxylic acids is 2. The Balaban J connectivity index is 2.12. The number of carbonyl (C=O) groups is 2. The number of ether oxygens (including phenoxy) is 3. The molecule has 0 aliphatic heterocycles. The van der Waals surface area contributed by atoms with Gasteiger partial charge in [0, 0.05) is 0 Å². The van der Waals surface area contributed by atoms with E-state index in [9.17, 15) is 14.2 Å². The summed E-state index contributed by atoms with van der Waals surface area (Å²) in [6.45, 7) is 12.7. The average molecular weight is 570 g/mol. The average Bonchev–Trinajstić information content (AvgIpc) is 3.25. The molecule has 1 unspecified atom stereocenters. The van der Waals surface area contributed by atoms with Gasteiger partial charge in [-0.2, -0.15) is 0 Å². The molecule has 13 nitrogen and oxygen atoms in total. The highest BCUT2D eigenvalue weighted by molar-refractivity contribution is 7.59. The number of nitrogen functional groups attached to an aromatic ring is 1. The summed E-state index contributed by atoms with van der Waals surface area (Å²) in [5.41, 5.74) is 5.55. The number of hydrogen-bond acceptors (Lipinski definition) is 10. The van der Waals surface area contributed by atoms with Gasteiger partial charge in [0.05, 0.1) is 31.7 Å². The zero-order valence-corrected chi connectivity index (χ0v) is 25.0. The second-order valence-corrected chi connectivity index (χ2v) is 12.7. The molecule has 0 fully saturated rings. The molecule has 220 valence electrons. The fraction of sp³-hybridized carbons (Fsp3) is 0.720. The number of nitrogens with two attached hydrogens (primary N) is 1. The lowest BCUT2D eigenvalue weighted by Crippen LogP contribution is -2.50. The molecule has 14 heteroatoms. The van der Waals surface area contributed by atoms with E-state index < -0.39 is 37.1 Å². The van der Waals surface area contributed by atoms with Crippen LogP contribution >= 0.6 is 7.44 Å². The van der Waals surface area contributed by atoms with E-state index in [2.05, 4.69) is 32.1 Å². The molecule has 4 N–H and O–H groups in total. The van der Waals surface area contributed by atoms with Crippen molar-refractivity contribution in [2.75, 3.05) is 18.7 Å². The van der Waals surface area contributed by atoms with E-state index in [1.54, 1.807) is 52.4 Å². The highest BCUT2D eigenvalue weighted by Crippen LogP contribution is 2.40. The number of imidazole rings is 1. The molecule has 0 aliphatic carbocycles. The lowest BCUT2D eigenvalue weighted by molar-refractivity contribution is -0.153. The van der Waals surface area contributed by atoms with E-state index in [1.165, 1.54) is 6.33 Å². The number of hydrogen-bond donors (Lipinski definition) is 3. The summed E-state index contributed by atoms with van der Waals surface area (Å²) in [5.74, 6) is -0.848. The molecule has 0 saturated heterocycles. The number of rotatable bonds is 17. The predicted molar refractivity (Wildman–Crippen MR) is 149 cm³/mol. The van der Waals surface area contributed by atoms with Gasteiger partial charge < -0.3 is 24.5 Å². The molecular formula is C25H44N7O6P. The topological polar surface area (TPSA) is 173 Å². The third-order valence-corrected chi connectivity index (χ3v) is 7.97. The molecule has 0 saturated carbocycles. The van der Waals surface area contributed by atoms with Gasteiger partial charge in [0.2, 0.25) is 7.44 Å². The van der Waals surface area contributed by atoms with Crippen molar-refractivity contribution in [2.45, 2.75) is 104 Å². The van der Waals surface area contributed by atoms with Crippen LogP contribution in [-0.2, 0) is 34.9 Å². The summed E-state index contributed by atoms with van der Waals surface area (Å²) in [6.07, 6.45) is 5.69. The fourth-order valence-corrected chi connectivity index (χ4v) is 6.14. The van der Waals surface area contributed by atoms with Crippen molar-refractivity contribution in [1.29, 1.82) is 0 Å². The molecule has 39 heavy (non-hydrogen) atoms. The normalized spacial score (nSPS) is 15.2. The molecule has 0 aromatic carbocycles. The summed E-state index contributed by atoms with van der Waals surface area (Å²) >= 11 is 0. The number of esters is 2. The van der Waals surface area contributed by atoms with E-state index in [0.29, 0.717) is 17.7 Å². The molecule has 2 rings (SSSR count). The SMILES string of the molecule is CCCCCCOC(=O)[C@@H](C)NP(=O)(CO[C@@H](C)Cn1cnc2c(N)ncnc21)NC(C)(C)C(=O)OC(C)C. The number of aromatic nitrogens is 4. The van der Waals surface area contributed by atoms with Crippen LogP contribution in [0.25, 0.3) is 11.2 Å². The van der Waals surface area contributed by atoms with Crippen LogP contribution < -0.4 is 15.9 Å². The quantitative estimate of drug-likeness (QED) is 0.144. The van der Waals surface area contributed by atoms with Crippen LogP contribution in [0.2, 0.25) is 0 Å². The Morgan fingerprint density at radius 3 is 2.51 bits per heavy atom. The molecule has 0 aliphatic rings. The smallest absolute Gasteiger partial charge is 0.326 e. The van der Waals surface area contributed by atoms with Gasteiger partial charge in [-0.15, -0.1) is 0 Å². The molecule has 0 amide bonds. The van der Waals surface area contributed by atoms with Gasteiger partial charge in [0.1, 0.15) is 29.8 Å². The van der Waals surface area contributed by atoms with Crippen molar-refractivity contribution in [3.05, 3.63) is 12.7 Å². The van der Waals surface area contributed by atoms with Gasteiger partial charge in [-0.25, -0.2) is 25.1 Å². The highest BCUT2D eigenvalue weighted by atomic mass is 31.2. The minimum Gasteiger partial charge on any atom is -0.465 e. The Bertz CT molecular complexity index is 1140. The first kappa shape index (κ1) is 32.6. The zero-order valence-electron chi connectivity index (χ0n) is 24.1. The largest absolute Gasteiger partial charge is 0.465 e. The van der Waals surface area contributed by atoms with Crippen molar-refractivity contribution in [2.24, 2.45) is 0 Å². The number of unbranched alkanes of at least 4 members (excludes halogenated alkanes) is 3. The molecule has 2 aromatic rings. The highest BCUT2D eigenvalue weighted by Gasteiger charge is 2.39. The van der Waals surface area contributed by atoms with Crippen molar-refractivity contribution < 1.29 is 28.4 Å². The Kier molecular flexibility index (Phi) is 12.3. The maximum atomic E-state index is 14.1. The first-order valence-corrected chi connectivity index (χ1v) is 15.2. The van der Waals surface area contributed by atoms with Gasteiger partial charge in [0.15, 0.2) is 11.5 Å². The maximum Gasteiger partial charge on any atom is 0.326 e. The minimum atomic E-state index is -3.69. The van der Waals surface area contributed by atoms with Gasteiger partial charge in [0.25, 0.3) is 0 Å². The molecule has 3 atom stereocenters. The Morgan fingerprint density at radius 2 is 1.85 bits per heavy atom. The second-order valence-electron chi connectivity index (χ2n) is 10.4. The van der Waals surface area contributed by atoms with E-state index in [4.69, 9.17) is 19.9 Å². The molecule has 0 spiro atoms. The van der Waals surface area contributed by atoms with E-state index in [1.807, 2.05) is 0 Å². The summed E-state index contributed by atoms with van der Waals surface area (Å²) < 4.78 is 32.5. The number of nitrogens with one attached hydrogen (secondary N) is 2. The van der Waals surface area contributed by atoms with Crippen molar-refractivity contribution in [3.63, 3.8) is 0 Å². The third-order valence-electron chi connectivity index (χ3n) is 5.74. The second kappa shape index (κ2) is 14.7. The third kappa shape index (κ3) is 10.1. The van der Waals surface area contributed by atoms with Crippen LogP contribution in [0.3, 0.4) is 0 Å². The van der Waals surface area contributed by atoms with Crippen LogP contribution in [0.5, 0.6) is 0 Å². The summed E-state index contributed by atoms with van der Waals surface area (Å²) in [6, 6.07) is -0.914. The van der Waals surface area contributed by atoms with Crippen molar-refractivity contribution >= 4 is 36.4 Å². The van der Waals surface area contributed by atoms with Crippen LogP contribution in [-0.4, -0.2) is 68.2 Å². The zero-order chi connectivity index (χ0) is 29.2. The predicted octanol–water partition coefficient (Wildman–Crippen LogP) is 3.39. The van der Waals surface area contributed by atoms with E-state index >= 15 is 0 Å². The van der Waals surface area contributed by atoms with Crippen molar-refractivity contribution in [1.82, 2.24) is 29.7 Å². The lowest BCUT2D eigenvalue weighted by Gasteiger charge is -2.32. The summed E-state index contributed by atoms with van der Waals surface area (Å²) in [4.78, 5) is 37.7. The lowest BCUT2D eigenvalue weighted by atomic mass is 10.1. The maximum absolute atomic E-state index is 14.1. The molecule has 0 bridgehead atoms. The van der Waals surface area contributed by atoms with Gasteiger partial charge in [-0.05, 0) is 48.0 Å². The number of anilines is 1. The first-order chi connectivity index (χ1) is 18.3. The van der Waals surface area contributed by atoms with Crippen LogP contribution in [0, 0.1) is 0 Å². The molecule has 2 aromatic heterocycles. The molecular weight excluding hydrogens is 525 g/mol. The summed E-state index contributed by atoms with van der Waals surface area (Å²) in [5, 5.41) is 5.72. The van der Waals surface area contributed by atoms with E-state index in [0.717, 1.165) is 25.7 Å². The summed E-state index contributed by atoms with van der Waals surface area (Å²) in [7, 11) is -3.69. The number of nitrogens with zero attached hydrogens (tertiary/aromatic N) is 4. The standard InChI is InChI=1S/C25H44N7O6P/c1-8-9-10-11-12-36-23(33)19(5)30-39(35,31-25(6,7)24(34)38-17(2)3)16-37-18(4)13-32-15-29-20-21(26)27-14-28-22(20)32/h14-15,17-19H,8-13,16H2,1-7H3,(H2,26,27,28)(H2,30,31,35)/t18-,19+,39?/m0/s1. The fourth-order valence-electron chi connectivity index (χ4n) is 3.75. The van der Waals surface area contributed by atoms with Gasteiger partial charge in [-0.3, -0.25) is 14.2 Å².